The maximum absolute atomic E-state index is 12.4. The molecule has 0 aliphatic carbocycles. The third-order valence-electron chi connectivity index (χ3n) is 3.08. The fourth-order valence-corrected chi connectivity index (χ4v) is 2.24. The summed E-state index contributed by atoms with van der Waals surface area (Å²) >= 11 is 0. The van der Waals surface area contributed by atoms with E-state index in [0.29, 0.717) is 12.0 Å². The summed E-state index contributed by atoms with van der Waals surface area (Å²) in [5.41, 5.74) is 0.582. The molecule has 1 aromatic rings. The van der Waals surface area contributed by atoms with E-state index >= 15 is 0 Å². The van der Waals surface area contributed by atoms with Crippen molar-refractivity contribution in [2.45, 2.75) is 51.4 Å². The topological polar surface area (TPSA) is 55.2 Å². The molecule has 4 nitrogen and oxygen atoms in total. The Morgan fingerprint density at radius 2 is 2.05 bits per heavy atom. The van der Waals surface area contributed by atoms with Gasteiger partial charge in [-0.15, -0.1) is 0 Å². The average molecular weight is 304 g/mol. The molecular weight excluding hydrogens is 285 g/mol. The molecule has 21 heavy (non-hydrogen) atoms. The van der Waals surface area contributed by atoms with Gasteiger partial charge in [-0.3, -0.25) is 10.1 Å². The second kappa shape index (κ2) is 7.40. The lowest BCUT2D eigenvalue weighted by Crippen LogP contribution is -2.34. The van der Waals surface area contributed by atoms with Gasteiger partial charge in [0.25, 0.3) is 5.69 Å². The molecule has 0 radical (unpaired) electrons. The predicted molar refractivity (Wildman–Crippen MR) is 74.0 cm³/mol. The Balaban J connectivity index is 2.86. The number of benzene rings is 1. The van der Waals surface area contributed by atoms with Gasteiger partial charge in [-0.05, 0) is 18.9 Å². The summed E-state index contributed by atoms with van der Waals surface area (Å²) in [6, 6.07) is 4.94. The highest BCUT2D eigenvalue weighted by molar-refractivity contribution is 5.35. The van der Waals surface area contributed by atoms with Crippen LogP contribution in [0.2, 0.25) is 0 Å². The first-order valence-electron chi connectivity index (χ1n) is 6.80. The number of hydrogen-bond donors (Lipinski definition) is 1. The van der Waals surface area contributed by atoms with Crippen LogP contribution in [0.15, 0.2) is 24.3 Å². The molecule has 0 saturated heterocycles. The van der Waals surface area contributed by atoms with Crippen LogP contribution < -0.4 is 5.32 Å². The number of alkyl halides is 3. The molecule has 0 bridgehead atoms. The van der Waals surface area contributed by atoms with Crippen molar-refractivity contribution in [2.75, 3.05) is 0 Å². The van der Waals surface area contributed by atoms with Gasteiger partial charge in [0.05, 0.1) is 11.3 Å². The molecule has 1 rings (SSSR count). The molecule has 0 amide bonds. The molecule has 1 N–H and O–H groups in total. The van der Waals surface area contributed by atoms with Crippen LogP contribution in [0.1, 0.15) is 44.7 Å². The Bertz CT molecular complexity index is 478. The quantitative estimate of drug-likeness (QED) is 0.601. The van der Waals surface area contributed by atoms with Crippen molar-refractivity contribution >= 4 is 5.69 Å². The van der Waals surface area contributed by atoms with Crippen LogP contribution in [0.4, 0.5) is 18.9 Å². The number of hydrogen-bond acceptors (Lipinski definition) is 3. The molecule has 2 unspecified atom stereocenters. The van der Waals surface area contributed by atoms with Gasteiger partial charge in [0.1, 0.15) is 0 Å². The van der Waals surface area contributed by atoms with E-state index in [-0.39, 0.29) is 11.7 Å². The highest BCUT2D eigenvalue weighted by Gasteiger charge is 2.31. The van der Waals surface area contributed by atoms with E-state index in [0.717, 1.165) is 6.42 Å². The summed E-state index contributed by atoms with van der Waals surface area (Å²) in [7, 11) is 0. The average Bonchev–Trinajstić information content (AvgIpc) is 2.36. The maximum atomic E-state index is 12.4. The number of non-ortho nitro benzene ring substituents is 1. The smallest absolute Gasteiger partial charge is 0.307 e. The number of rotatable bonds is 7. The van der Waals surface area contributed by atoms with Crippen LogP contribution in [0.25, 0.3) is 0 Å². The van der Waals surface area contributed by atoms with Crippen molar-refractivity contribution in [1.82, 2.24) is 5.32 Å². The van der Waals surface area contributed by atoms with E-state index in [4.69, 9.17) is 0 Å². The summed E-state index contributed by atoms with van der Waals surface area (Å²) in [6.07, 6.45) is -3.78. The van der Waals surface area contributed by atoms with E-state index in [2.05, 4.69) is 5.32 Å². The van der Waals surface area contributed by atoms with Gasteiger partial charge in [0, 0.05) is 24.2 Å². The Morgan fingerprint density at radius 1 is 1.38 bits per heavy atom. The van der Waals surface area contributed by atoms with Gasteiger partial charge < -0.3 is 5.32 Å². The number of nitrogens with one attached hydrogen (secondary N) is 1. The van der Waals surface area contributed by atoms with Crippen molar-refractivity contribution in [3.63, 3.8) is 0 Å². The van der Waals surface area contributed by atoms with Crippen molar-refractivity contribution in [3.05, 3.63) is 39.9 Å². The monoisotopic (exact) mass is 304 g/mol. The van der Waals surface area contributed by atoms with Crippen LogP contribution >= 0.6 is 0 Å². The van der Waals surface area contributed by atoms with Crippen LogP contribution in [-0.2, 0) is 0 Å². The fraction of sp³-hybridized carbons (Fsp3) is 0.571. The first-order valence-corrected chi connectivity index (χ1v) is 6.80. The van der Waals surface area contributed by atoms with Gasteiger partial charge in [-0.2, -0.15) is 13.2 Å². The molecule has 0 aliphatic heterocycles. The highest BCUT2D eigenvalue weighted by atomic mass is 19.4. The third-order valence-corrected chi connectivity index (χ3v) is 3.08. The van der Waals surface area contributed by atoms with Gasteiger partial charge in [-0.1, -0.05) is 25.5 Å². The number of nitrogens with zero attached hydrogens (tertiary/aromatic N) is 1. The van der Waals surface area contributed by atoms with Crippen LogP contribution in [0.3, 0.4) is 0 Å². The van der Waals surface area contributed by atoms with Gasteiger partial charge in [0.15, 0.2) is 0 Å². The van der Waals surface area contributed by atoms with Crippen molar-refractivity contribution in [1.29, 1.82) is 0 Å². The number of nitro benzene ring substituents is 1. The highest BCUT2D eigenvalue weighted by Crippen LogP contribution is 2.26. The van der Waals surface area contributed by atoms with E-state index in [1.54, 1.807) is 12.1 Å². The van der Waals surface area contributed by atoms with Crippen LogP contribution in [-0.4, -0.2) is 17.1 Å². The molecular formula is C14H19F3N2O2. The van der Waals surface area contributed by atoms with Gasteiger partial charge in [-0.25, -0.2) is 0 Å². The summed E-state index contributed by atoms with van der Waals surface area (Å²) in [4.78, 5) is 10.3. The predicted octanol–water partition coefficient (Wildman–Crippen LogP) is 4.37. The fourth-order valence-electron chi connectivity index (χ4n) is 2.24. The zero-order valence-electron chi connectivity index (χ0n) is 12.0. The van der Waals surface area contributed by atoms with Crippen LogP contribution in [0.5, 0.6) is 0 Å². The molecule has 2 atom stereocenters. The largest absolute Gasteiger partial charge is 0.390 e. The Labute approximate surface area is 121 Å². The van der Waals surface area contributed by atoms with Crippen LogP contribution in [0, 0.1) is 10.1 Å². The lowest BCUT2D eigenvalue weighted by atomic mass is 10.0. The van der Waals surface area contributed by atoms with E-state index in [9.17, 15) is 23.3 Å². The molecule has 118 valence electrons. The van der Waals surface area contributed by atoms with E-state index in [1.165, 1.54) is 19.1 Å². The molecule has 0 fully saturated rings. The normalized spacial score (nSPS) is 14.7. The zero-order chi connectivity index (χ0) is 16.0. The van der Waals surface area contributed by atoms with Crippen molar-refractivity contribution in [3.8, 4) is 0 Å². The SMILES string of the molecule is CCCC(NC(C)CC(F)(F)F)c1cccc([N+](=O)[O-])c1. The number of nitro groups is 1. The molecule has 7 heteroatoms. The molecule has 0 saturated carbocycles. The second-order valence-corrected chi connectivity index (χ2v) is 5.08. The maximum Gasteiger partial charge on any atom is 0.390 e. The summed E-state index contributed by atoms with van der Waals surface area (Å²) in [6.45, 7) is 3.38. The van der Waals surface area contributed by atoms with Crippen molar-refractivity contribution < 1.29 is 18.1 Å². The Kier molecular flexibility index (Phi) is 6.14. The molecule has 0 spiro atoms. The summed E-state index contributed by atoms with van der Waals surface area (Å²) in [5.74, 6) is 0. The standard InChI is InChI=1S/C14H19F3N2O2/c1-3-5-13(18-10(2)9-14(15,16)17)11-6-4-7-12(8-11)19(20)21/h4,6-8,10,13,18H,3,5,9H2,1-2H3. The number of halogens is 3. The van der Waals surface area contributed by atoms with Gasteiger partial charge >= 0.3 is 6.18 Å². The minimum absolute atomic E-state index is 0.0566. The first kappa shape index (κ1) is 17.4. The lowest BCUT2D eigenvalue weighted by Gasteiger charge is -2.24. The minimum Gasteiger partial charge on any atom is -0.307 e. The molecule has 0 heterocycles. The molecule has 1 aromatic carbocycles. The van der Waals surface area contributed by atoms with Crippen molar-refractivity contribution in [2.24, 2.45) is 0 Å². The minimum atomic E-state index is -4.23. The molecule has 0 aromatic heterocycles. The molecule has 0 aliphatic rings. The third kappa shape index (κ3) is 6.12. The Morgan fingerprint density at radius 3 is 2.57 bits per heavy atom. The van der Waals surface area contributed by atoms with E-state index in [1.807, 2.05) is 6.92 Å². The summed E-state index contributed by atoms with van der Waals surface area (Å²) < 4.78 is 37.2. The lowest BCUT2D eigenvalue weighted by molar-refractivity contribution is -0.384. The Hall–Kier alpha value is -1.63. The second-order valence-electron chi connectivity index (χ2n) is 5.08. The zero-order valence-corrected chi connectivity index (χ0v) is 12.0. The van der Waals surface area contributed by atoms with E-state index < -0.39 is 23.6 Å². The first-order chi connectivity index (χ1) is 9.73. The van der Waals surface area contributed by atoms with Gasteiger partial charge in [0.2, 0.25) is 0 Å². The summed E-state index contributed by atoms with van der Waals surface area (Å²) in [5, 5.41) is 13.7.